The molecule has 0 aliphatic heterocycles. The van der Waals surface area contributed by atoms with Crippen LogP contribution in [-0.4, -0.2) is 25.8 Å². The Hall–Kier alpha value is 0.800. The summed E-state index contributed by atoms with van der Waals surface area (Å²) < 4.78 is 38.4. The minimum Gasteiger partial charge on any atom is -0.316 e. The van der Waals surface area contributed by atoms with Crippen molar-refractivity contribution in [1.29, 1.82) is 0 Å². The van der Waals surface area contributed by atoms with E-state index in [2.05, 4.69) is 8.62 Å². The third-order valence-corrected chi connectivity index (χ3v) is 6.42. The van der Waals surface area contributed by atoms with Gasteiger partial charge >= 0.3 is 22.4 Å². The fourth-order valence-corrected chi connectivity index (χ4v) is 4.44. The molecule has 0 bridgehead atoms. The summed E-state index contributed by atoms with van der Waals surface area (Å²) in [4.78, 5) is 33.5. The third kappa shape index (κ3) is 7.14. The van der Waals surface area contributed by atoms with Crippen LogP contribution in [0.4, 0.5) is 0 Å². The lowest BCUT2D eigenvalue weighted by Crippen LogP contribution is -1.90. The lowest BCUT2D eigenvalue weighted by Gasteiger charge is -2.14. The van der Waals surface area contributed by atoms with Gasteiger partial charge in [-0.3, -0.25) is 0 Å². The highest BCUT2D eigenvalue weighted by Gasteiger charge is 2.39. The van der Waals surface area contributed by atoms with E-state index >= 15 is 0 Å². The van der Waals surface area contributed by atoms with Gasteiger partial charge in [0.2, 0.25) is 0 Å². The van der Waals surface area contributed by atoms with Crippen LogP contribution >= 0.6 is 33.8 Å². The molecule has 86 valence electrons. The molecule has 4 N–H and O–H groups in total. The molecule has 14 heavy (non-hydrogen) atoms. The molecule has 9 nitrogen and oxygen atoms in total. The van der Waals surface area contributed by atoms with E-state index in [4.69, 9.17) is 19.6 Å². The van der Waals surface area contributed by atoms with Crippen molar-refractivity contribution in [2.24, 2.45) is 0 Å². The van der Waals surface area contributed by atoms with E-state index in [1.54, 1.807) is 0 Å². The van der Waals surface area contributed by atoms with Crippen molar-refractivity contribution in [3.05, 3.63) is 0 Å². The molecule has 0 spiro atoms. The van der Waals surface area contributed by atoms with Crippen LogP contribution in [0, 0.1) is 0 Å². The van der Waals surface area contributed by atoms with Crippen molar-refractivity contribution in [2.45, 2.75) is 0 Å². The minimum atomic E-state index is -5.26. The van der Waals surface area contributed by atoms with Crippen LogP contribution in [0.15, 0.2) is 0 Å². The van der Waals surface area contributed by atoms with Gasteiger partial charge in [0.15, 0.2) is 0 Å². The van der Waals surface area contributed by atoms with Crippen molar-refractivity contribution >= 4 is 33.8 Å². The van der Waals surface area contributed by atoms with Crippen LogP contribution < -0.4 is 0 Å². The van der Waals surface area contributed by atoms with Crippen molar-refractivity contribution in [2.75, 3.05) is 6.26 Å². The molecule has 2 unspecified atom stereocenters. The number of hydrogen-bond donors (Lipinski definition) is 4. The summed E-state index contributed by atoms with van der Waals surface area (Å²) in [6.45, 7) is -4.45. The van der Waals surface area contributed by atoms with Gasteiger partial charge in [-0.2, -0.15) is 8.62 Å². The lowest BCUT2D eigenvalue weighted by atomic mass is 12.0. The summed E-state index contributed by atoms with van der Waals surface area (Å²) in [5, 5.41) is 0. The predicted molar refractivity (Wildman–Crippen MR) is 47.4 cm³/mol. The molecule has 0 fully saturated rings. The van der Waals surface area contributed by atoms with E-state index in [1.165, 1.54) is 0 Å². The first-order valence-electron chi connectivity index (χ1n) is 2.67. The predicted octanol–water partition coefficient (Wildman–Crippen LogP) is 0.676. The van der Waals surface area contributed by atoms with E-state index < -0.39 is 22.4 Å². The Kier molecular flexibility index (Phi) is 5.03. The van der Waals surface area contributed by atoms with Crippen LogP contribution in [-0.2, 0) is 22.3 Å². The van der Waals surface area contributed by atoms with E-state index in [0.717, 1.165) is 6.26 Å². The maximum atomic E-state index is 10.7. The largest absolute Gasteiger partial charge is 0.488 e. The smallest absolute Gasteiger partial charge is 0.316 e. The highest BCUT2D eigenvalue weighted by molar-refractivity contribution is 8.55. The number of hydrogen-bond acceptors (Lipinski definition) is 6. The van der Waals surface area contributed by atoms with Gasteiger partial charge in [-0.15, -0.1) is 0 Å². The zero-order valence-electron chi connectivity index (χ0n) is 6.58. The summed E-state index contributed by atoms with van der Waals surface area (Å²) in [6, 6.07) is 0. The Morgan fingerprint density at radius 2 is 1.43 bits per heavy atom. The maximum absolute atomic E-state index is 10.7. The van der Waals surface area contributed by atoms with E-state index in [9.17, 15) is 13.7 Å². The average molecular weight is 288 g/mol. The van der Waals surface area contributed by atoms with E-state index in [1.807, 2.05) is 0 Å². The van der Waals surface area contributed by atoms with Gasteiger partial charge < -0.3 is 19.6 Å². The molecule has 2 atom stereocenters. The van der Waals surface area contributed by atoms with Crippen LogP contribution in [0.5, 0.6) is 0 Å². The Morgan fingerprint density at radius 3 is 1.71 bits per heavy atom. The van der Waals surface area contributed by atoms with Crippen LogP contribution in [0.1, 0.15) is 0 Å². The molecular formula is CH7O9P3S. The molecule has 0 saturated heterocycles. The molecule has 0 heterocycles. The van der Waals surface area contributed by atoms with E-state index in [-0.39, 0.29) is 11.4 Å². The van der Waals surface area contributed by atoms with Crippen molar-refractivity contribution in [1.82, 2.24) is 0 Å². The molecule has 13 heteroatoms. The quantitative estimate of drug-likeness (QED) is 0.531. The van der Waals surface area contributed by atoms with Crippen molar-refractivity contribution in [3.63, 3.8) is 0 Å². The molecule has 0 saturated carbocycles. The highest BCUT2D eigenvalue weighted by Crippen LogP contribution is 2.69. The number of rotatable bonds is 5. The van der Waals surface area contributed by atoms with Gasteiger partial charge in [0, 0.05) is 0 Å². The van der Waals surface area contributed by atoms with E-state index in [0.29, 0.717) is 0 Å². The molecule has 0 aromatic carbocycles. The Labute approximate surface area is 82.6 Å². The van der Waals surface area contributed by atoms with Gasteiger partial charge in [0.05, 0.1) is 0 Å². The zero-order valence-corrected chi connectivity index (χ0v) is 10.1. The van der Waals surface area contributed by atoms with Gasteiger partial charge in [0.25, 0.3) is 0 Å². The SMILES string of the molecule is CSP(=O)(O)OP(=O)(O)OP(=O)(O)O. The summed E-state index contributed by atoms with van der Waals surface area (Å²) in [5.41, 5.74) is 0. The summed E-state index contributed by atoms with van der Waals surface area (Å²) in [5.74, 6) is 0. The highest BCUT2D eigenvalue weighted by atomic mass is 32.7. The molecule has 0 radical (unpaired) electrons. The van der Waals surface area contributed by atoms with Gasteiger partial charge in [0.1, 0.15) is 0 Å². The molecule has 0 amide bonds. The first kappa shape index (κ1) is 14.8. The second kappa shape index (κ2) is 4.76. The van der Waals surface area contributed by atoms with Crippen LogP contribution in [0.3, 0.4) is 0 Å². The monoisotopic (exact) mass is 288 g/mol. The van der Waals surface area contributed by atoms with Crippen molar-refractivity contribution < 1.29 is 41.9 Å². The summed E-state index contributed by atoms with van der Waals surface area (Å²) >= 11 is 0.204. The van der Waals surface area contributed by atoms with Gasteiger partial charge in [-0.05, 0) is 17.6 Å². The van der Waals surface area contributed by atoms with Gasteiger partial charge in [-0.1, -0.05) is 0 Å². The molecule has 0 aromatic heterocycles. The second-order valence-corrected chi connectivity index (χ2v) is 8.78. The molecular weight excluding hydrogens is 281 g/mol. The summed E-state index contributed by atoms with van der Waals surface area (Å²) in [6.07, 6.45) is 1.10. The van der Waals surface area contributed by atoms with Crippen molar-refractivity contribution in [3.8, 4) is 0 Å². The normalized spacial score (nSPS) is 21.2. The topological polar surface area (TPSA) is 151 Å². The average Bonchev–Trinajstić information content (AvgIpc) is 1.78. The molecule has 0 aromatic rings. The zero-order chi connectivity index (χ0) is 11.6. The Morgan fingerprint density at radius 1 is 1.00 bits per heavy atom. The van der Waals surface area contributed by atoms with Gasteiger partial charge in [-0.25, -0.2) is 13.7 Å². The van der Waals surface area contributed by atoms with Crippen LogP contribution in [0.2, 0.25) is 0 Å². The standard InChI is InChI=1S/CH7O9P3S/c1-14-13(7,8)10-12(5,6)9-11(2,3)4/h1H3,(H,5,6)(H,7,8)(H2,2,3,4). The Bertz CT molecular complexity index is 329. The van der Waals surface area contributed by atoms with Crippen LogP contribution in [0.25, 0.3) is 0 Å². The number of phosphoric acid groups is 2. The fourth-order valence-electron chi connectivity index (χ4n) is 0.313. The minimum absolute atomic E-state index is 0.204. The Balaban J connectivity index is 4.60. The fraction of sp³-hybridized carbons (Fsp3) is 1.00. The maximum Gasteiger partial charge on any atom is 0.488 e. The first-order chi connectivity index (χ1) is 5.97. The molecule has 0 rings (SSSR count). The molecule has 0 aliphatic carbocycles. The first-order valence-corrected chi connectivity index (χ1v) is 9.10. The second-order valence-electron chi connectivity index (χ2n) is 1.77. The molecule has 0 aliphatic rings. The summed E-state index contributed by atoms with van der Waals surface area (Å²) in [7, 11) is -10.5. The third-order valence-electron chi connectivity index (χ3n) is 0.647. The lowest BCUT2D eigenvalue weighted by molar-refractivity contribution is 0.226.